The van der Waals surface area contributed by atoms with E-state index in [0.717, 1.165) is 0 Å². The van der Waals surface area contributed by atoms with Crippen LogP contribution in [0, 0.1) is 0 Å². The smallest absolute Gasteiger partial charge is 0.319 e. The fourth-order valence-corrected chi connectivity index (χ4v) is 0.0833. The van der Waals surface area contributed by atoms with E-state index < -0.39 is 0 Å². The highest BCUT2D eigenvalue weighted by atomic mass is 35.5. The molecule has 0 aliphatic carbocycles. The normalized spacial score (nSPS) is 6.57. The standard InChI is InChI=1S/C3H7NO2.ClH/c1-6-3(5)2-4;/h2,4H2,1H3;1H. The molecule has 0 atom stereocenters. The molecule has 0 bridgehead atoms. The predicted molar refractivity (Wildman–Crippen MR) is 28.3 cm³/mol. The van der Waals surface area contributed by atoms with Gasteiger partial charge in [-0.3, -0.25) is 4.79 Å². The Kier molecular flexibility index (Phi) is 8.06. The van der Waals surface area contributed by atoms with Gasteiger partial charge in [0.15, 0.2) is 0 Å². The van der Waals surface area contributed by atoms with Crippen LogP contribution in [0.5, 0.6) is 0 Å². The lowest BCUT2D eigenvalue weighted by atomic mass is 10.7. The van der Waals surface area contributed by atoms with Crippen molar-refractivity contribution in [1.29, 1.82) is 0 Å². The number of hydrogen-bond acceptors (Lipinski definition) is 3. The van der Waals surface area contributed by atoms with Crippen LogP contribution in [0.25, 0.3) is 0 Å². The Morgan fingerprint density at radius 3 is 2.29 bits per heavy atom. The number of carbonyl (C=O) groups excluding carboxylic acids is 1. The van der Waals surface area contributed by atoms with E-state index in [1.54, 1.807) is 0 Å². The molecule has 2 N–H and O–H groups in total. The van der Waals surface area contributed by atoms with Crippen molar-refractivity contribution in [1.82, 2.24) is 0 Å². The van der Waals surface area contributed by atoms with Gasteiger partial charge in [0, 0.05) is 0 Å². The van der Waals surface area contributed by atoms with Crippen molar-refractivity contribution < 1.29 is 9.53 Å². The lowest BCUT2D eigenvalue weighted by molar-refractivity contribution is -0.138. The second-order valence-electron chi connectivity index (χ2n) is 0.780. The van der Waals surface area contributed by atoms with Crippen LogP contribution < -0.4 is 5.73 Å². The monoisotopic (exact) mass is 125 g/mol. The van der Waals surface area contributed by atoms with Crippen molar-refractivity contribution >= 4 is 18.4 Å². The highest BCUT2D eigenvalue weighted by Gasteiger charge is 1.87. The predicted octanol–water partition coefficient (Wildman–Crippen LogP) is -0.460. The molecular formula is C3H8ClNO2. The number of rotatable bonds is 1. The molecule has 0 fully saturated rings. The molecule has 0 saturated heterocycles. The van der Waals surface area contributed by atoms with Crippen LogP contribution in [0.4, 0.5) is 0 Å². The summed E-state index contributed by atoms with van der Waals surface area (Å²) in [6, 6.07) is 0. The van der Waals surface area contributed by atoms with Crippen molar-refractivity contribution in [3.63, 3.8) is 0 Å². The summed E-state index contributed by atoms with van der Waals surface area (Å²) in [5, 5.41) is 0. The fourth-order valence-electron chi connectivity index (χ4n) is 0.0833. The van der Waals surface area contributed by atoms with E-state index in [1.807, 2.05) is 0 Å². The molecule has 0 aliphatic heterocycles. The number of ether oxygens (including phenoxy) is 1. The van der Waals surface area contributed by atoms with Crippen molar-refractivity contribution in [2.45, 2.75) is 0 Å². The van der Waals surface area contributed by atoms with Gasteiger partial charge in [-0.25, -0.2) is 0 Å². The van der Waals surface area contributed by atoms with Crippen LogP contribution in [0.15, 0.2) is 0 Å². The Bertz CT molecular complexity index is 50.9. The van der Waals surface area contributed by atoms with Gasteiger partial charge in [-0.2, -0.15) is 0 Å². The molecule has 0 unspecified atom stereocenters. The molecule has 3 nitrogen and oxygen atoms in total. The van der Waals surface area contributed by atoms with Crippen molar-refractivity contribution in [3.8, 4) is 0 Å². The van der Waals surface area contributed by atoms with Gasteiger partial charge in [-0.05, 0) is 0 Å². The zero-order valence-electron chi connectivity index (χ0n) is 4.01. The minimum atomic E-state index is -0.380. The van der Waals surface area contributed by atoms with Gasteiger partial charge in [0.1, 0.15) is 0 Å². The van der Waals surface area contributed by atoms with Crippen LogP contribution in [0.2, 0.25) is 0 Å². The molecule has 0 aromatic rings. The van der Waals surface area contributed by atoms with E-state index in [1.165, 1.54) is 7.11 Å². The number of halogens is 1. The zero-order chi connectivity index (χ0) is 4.99. The average molecular weight is 126 g/mol. The largest absolute Gasteiger partial charge is 0.468 e. The van der Waals surface area contributed by atoms with Gasteiger partial charge in [0.05, 0.1) is 13.7 Å². The third-order valence-electron chi connectivity index (χ3n) is 0.394. The molecule has 0 aromatic carbocycles. The van der Waals surface area contributed by atoms with E-state index in [2.05, 4.69) is 4.74 Å². The maximum Gasteiger partial charge on any atom is 0.319 e. The summed E-state index contributed by atoms with van der Waals surface area (Å²) in [6.07, 6.45) is 0. The molecule has 0 radical (unpaired) electrons. The highest BCUT2D eigenvalue weighted by molar-refractivity contribution is 5.85. The van der Waals surface area contributed by atoms with Gasteiger partial charge in [-0.15, -0.1) is 12.4 Å². The minimum Gasteiger partial charge on any atom is -0.468 e. The first kappa shape index (κ1) is 9.87. The quantitative estimate of drug-likeness (QED) is 0.483. The van der Waals surface area contributed by atoms with E-state index in [0.29, 0.717) is 0 Å². The van der Waals surface area contributed by atoms with Crippen molar-refractivity contribution in [3.05, 3.63) is 0 Å². The third kappa shape index (κ3) is 5.72. The Hall–Kier alpha value is -0.280. The summed E-state index contributed by atoms with van der Waals surface area (Å²) in [5.74, 6) is -0.380. The summed E-state index contributed by atoms with van der Waals surface area (Å²) in [5.41, 5.74) is 4.81. The number of methoxy groups -OCH3 is 1. The van der Waals surface area contributed by atoms with Gasteiger partial charge < -0.3 is 10.5 Å². The number of nitrogens with two attached hydrogens (primary N) is 1. The van der Waals surface area contributed by atoms with Crippen LogP contribution >= 0.6 is 12.4 Å². The fraction of sp³-hybridized carbons (Fsp3) is 0.667. The number of hydrogen-bond donors (Lipinski definition) is 1. The summed E-state index contributed by atoms with van der Waals surface area (Å²) in [7, 11) is 1.30. The lowest BCUT2D eigenvalue weighted by Crippen LogP contribution is -2.14. The van der Waals surface area contributed by atoms with Crippen molar-refractivity contribution in [2.75, 3.05) is 13.7 Å². The van der Waals surface area contributed by atoms with Gasteiger partial charge >= 0.3 is 5.97 Å². The molecule has 0 amide bonds. The van der Waals surface area contributed by atoms with Crippen LogP contribution in [-0.2, 0) is 9.53 Å². The summed E-state index contributed by atoms with van der Waals surface area (Å²) in [4.78, 5) is 9.83. The van der Waals surface area contributed by atoms with Crippen LogP contribution in [0.1, 0.15) is 0 Å². The van der Waals surface area contributed by atoms with E-state index in [-0.39, 0.29) is 24.9 Å². The second-order valence-corrected chi connectivity index (χ2v) is 0.780. The minimum absolute atomic E-state index is 0. The topological polar surface area (TPSA) is 52.3 Å². The van der Waals surface area contributed by atoms with Crippen LogP contribution in [0.3, 0.4) is 0 Å². The first-order valence-electron chi connectivity index (χ1n) is 1.58. The maximum atomic E-state index is 9.83. The van der Waals surface area contributed by atoms with Gasteiger partial charge in [0.25, 0.3) is 0 Å². The third-order valence-corrected chi connectivity index (χ3v) is 0.394. The molecule has 0 aliphatic rings. The molecule has 0 saturated carbocycles. The molecular weight excluding hydrogens is 117 g/mol. The summed E-state index contributed by atoms with van der Waals surface area (Å²) < 4.78 is 4.14. The number of carbonyl (C=O) groups is 1. The van der Waals surface area contributed by atoms with Crippen LogP contribution in [-0.4, -0.2) is 19.6 Å². The molecule has 7 heavy (non-hydrogen) atoms. The Balaban J connectivity index is 0. The second kappa shape index (κ2) is 5.72. The highest BCUT2D eigenvalue weighted by Crippen LogP contribution is 1.61. The SMILES string of the molecule is COC(=O)CN.Cl. The maximum absolute atomic E-state index is 9.83. The Labute approximate surface area is 48.2 Å². The Morgan fingerprint density at radius 1 is 1.86 bits per heavy atom. The van der Waals surface area contributed by atoms with Crippen molar-refractivity contribution in [2.24, 2.45) is 5.73 Å². The average Bonchev–Trinajstić information content (AvgIpc) is 1.65. The molecule has 0 heterocycles. The van der Waals surface area contributed by atoms with Gasteiger partial charge in [0.2, 0.25) is 0 Å². The van der Waals surface area contributed by atoms with Gasteiger partial charge in [-0.1, -0.05) is 0 Å². The van der Waals surface area contributed by atoms with E-state index in [4.69, 9.17) is 5.73 Å². The first-order chi connectivity index (χ1) is 2.81. The molecule has 44 valence electrons. The zero-order valence-corrected chi connectivity index (χ0v) is 4.83. The molecule has 0 spiro atoms. The molecule has 0 aromatic heterocycles. The molecule has 0 rings (SSSR count). The van der Waals surface area contributed by atoms with E-state index in [9.17, 15) is 4.79 Å². The first-order valence-corrected chi connectivity index (χ1v) is 1.58. The summed E-state index contributed by atoms with van der Waals surface area (Å²) in [6.45, 7) is -0.0312. The molecule has 4 heteroatoms. The summed E-state index contributed by atoms with van der Waals surface area (Å²) >= 11 is 0. The lowest BCUT2D eigenvalue weighted by Gasteiger charge is -1.87. The Morgan fingerprint density at radius 2 is 2.29 bits per heavy atom. The van der Waals surface area contributed by atoms with E-state index >= 15 is 0 Å². The number of esters is 1.